The Morgan fingerprint density at radius 3 is 2.92 bits per heavy atom. The second kappa shape index (κ2) is 6.15. The maximum absolute atomic E-state index is 11.5. The summed E-state index contributed by atoms with van der Waals surface area (Å²) < 4.78 is 28.8. The number of thiophene rings is 1. The summed E-state index contributed by atoms with van der Waals surface area (Å²) in [6.45, 7) is 3.53. The van der Waals surface area contributed by atoms with E-state index in [0.29, 0.717) is 0 Å². The molecule has 24 heavy (non-hydrogen) atoms. The smallest absolute Gasteiger partial charge is 0.247 e. The molecule has 3 heterocycles. The number of sulfonamides is 1. The highest BCUT2D eigenvalue weighted by molar-refractivity contribution is 7.91. The molecule has 0 fully saturated rings. The van der Waals surface area contributed by atoms with Gasteiger partial charge in [-0.25, -0.2) is 13.6 Å². The van der Waals surface area contributed by atoms with E-state index < -0.39 is 10.0 Å². The van der Waals surface area contributed by atoms with Gasteiger partial charge in [-0.05, 0) is 41.7 Å². The van der Waals surface area contributed by atoms with Crippen LogP contribution < -0.4 is 9.88 Å². The molecule has 0 aliphatic carbocycles. The molecule has 0 saturated carbocycles. The topological polar surface area (TPSA) is 72.6 Å². The Hall–Kier alpha value is -1.41. The summed E-state index contributed by atoms with van der Waals surface area (Å²) in [7, 11) is -3.59. The molecule has 4 rings (SSSR count). The van der Waals surface area contributed by atoms with Crippen LogP contribution in [0.4, 0.5) is 0 Å². The number of ether oxygens (including phenoxy) is 1. The van der Waals surface area contributed by atoms with E-state index in [1.54, 1.807) is 6.07 Å². The molecule has 2 aliphatic heterocycles. The predicted molar refractivity (Wildman–Crippen MR) is 94.0 cm³/mol. The lowest BCUT2D eigenvalue weighted by Gasteiger charge is -2.26. The molecule has 0 bridgehead atoms. The van der Waals surface area contributed by atoms with Crippen LogP contribution in [0, 0.1) is 0 Å². The van der Waals surface area contributed by atoms with E-state index in [4.69, 9.17) is 9.88 Å². The zero-order valence-corrected chi connectivity index (χ0v) is 15.0. The minimum atomic E-state index is -3.59. The standard InChI is InChI=1S/C17H20N2O3S2/c18-24(20,21)17-10-14-11-19(7-4-16(14)23-17)6-3-12-1-2-15-13(9-12)5-8-22-15/h1-2,9-10H,3-8,11H2,(H2,18,20,21). The van der Waals surface area contributed by atoms with Crippen molar-refractivity contribution in [3.63, 3.8) is 0 Å². The van der Waals surface area contributed by atoms with E-state index in [-0.39, 0.29) is 4.21 Å². The normalized spacial score (nSPS) is 17.4. The van der Waals surface area contributed by atoms with Gasteiger partial charge < -0.3 is 4.74 Å². The van der Waals surface area contributed by atoms with Crippen molar-refractivity contribution in [1.29, 1.82) is 0 Å². The largest absolute Gasteiger partial charge is 0.493 e. The maximum atomic E-state index is 11.5. The van der Waals surface area contributed by atoms with Gasteiger partial charge in [0.2, 0.25) is 10.0 Å². The van der Waals surface area contributed by atoms with Crippen LogP contribution in [0.3, 0.4) is 0 Å². The third-order valence-electron chi connectivity index (χ3n) is 4.67. The lowest BCUT2D eigenvalue weighted by molar-refractivity contribution is 0.259. The fraction of sp³-hybridized carbons (Fsp3) is 0.412. The summed E-state index contributed by atoms with van der Waals surface area (Å²) in [4.78, 5) is 3.54. The Labute approximate surface area is 146 Å². The van der Waals surface area contributed by atoms with Crippen molar-refractivity contribution in [3.8, 4) is 5.75 Å². The molecule has 0 radical (unpaired) electrons. The molecule has 7 heteroatoms. The van der Waals surface area contributed by atoms with Gasteiger partial charge in [-0.1, -0.05) is 12.1 Å². The SMILES string of the molecule is NS(=O)(=O)c1cc2c(s1)CCN(CCc1ccc3c(c1)CCO3)C2. The first kappa shape index (κ1) is 16.1. The van der Waals surface area contributed by atoms with Crippen LogP contribution in [0.1, 0.15) is 21.6 Å². The third-order valence-corrected chi connectivity index (χ3v) is 7.33. The molecule has 2 aromatic rings. The average molecular weight is 364 g/mol. The van der Waals surface area contributed by atoms with Crippen LogP contribution in [0.25, 0.3) is 0 Å². The average Bonchev–Trinajstić information content (AvgIpc) is 3.17. The molecule has 0 spiro atoms. The van der Waals surface area contributed by atoms with Gasteiger partial charge in [-0.3, -0.25) is 4.90 Å². The van der Waals surface area contributed by atoms with E-state index in [1.165, 1.54) is 22.5 Å². The quantitative estimate of drug-likeness (QED) is 0.900. The summed E-state index contributed by atoms with van der Waals surface area (Å²) in [6.07, 6.45) is 2.89. The molecular formula is C17H20N2O3S2. The van der Waals surface area contributed by atoms with E-state index in [0.717, 1.165) is 61.7 Å². The van der Waals surface area contributed by atoms with Crippen molar-refractivity contribution in [2.45, 2.75) is 30.0 Å². The second-order valence-corrected chi connectivity index (χ2v) is 9.30. The molecule has 2 aliphatic rings. The second-order valence-electron chi connectivity index (χ2n) is 6.38. The van der Waals surface area contributed by atoms with Crippen LogP contribution in [0.2, 0.25) is 0 Å². The predicted octanol–water partition coefficient (Wildman–Crippen LogP) is 1.93. The van der Waals surface area contributed by atoms with Gasteiger partial charge in [0.1, 0.15) is 9.96 Å². The zero-order valence-electron chi connectivity index (χ0n) is 13.3. The molecule has 1 aromatic carbocycles. The highest BCUT2D eigenvalue weighted by Crippen LogP contribution is 2.30. The zero-order chi connectivity index (χ0) is 16.7. The number of hydrogen-bond acceptors (Lipinski definition) is 5. The van der Waals surface area contributed by atoms with Crippen molar-refractivity contribution >= 4 is 21.4 Å². The van der Waals surface area contributed by atoms with Crippen molar-refractivity contribution in [2.75, 3.05) is 19.7 Å². The lowest BCUT2D eigenvalue weighted by atomic mass is 10.0. The van der Waals surface area contributed by atoms with Crippen LogP contribution in [0.15, 0.2) is 28.5 Å². The molecule has 2 N–H and O–H groups in total. The van der Waals surface area contributed by atoms with E-state index in [1.807, 2.05) is 0 Å². The van der Waals surface area contributed by atoms with E-state index >= 15 is 0 Å². The number of benzene rings is 1. The summed E-state index contributed by atoms with van der Waals surface area (Å²) in [6, 6.07) is 8.21. The lowest BCUT2D eigenvalue weighted by Crippen LogP contribution is -2.31. The minimum absolute atomic E-state index is 0.285. The van der Waals surface area contributed by atoms with Gasteiger partial charge in [0, 0.05) is 30.9 Å². The number of nitrogens with zero attached hydrogens (tertiary/aromatic N) is 1. The molecule has 0 unspecified atom stereocenters. The van der Waals surface area contributed by atoms with Crippen LogP contribution >= 0.6 is 11.3 Å². The van der Waals surface area contributed by atoms with Crippen molar-refractivity contribution < 1.29 is 13.2 Å². The fourth-order valence-electron chi connectivity index (χ4n) is 3.38. The Kier molecular flexibility index (Phi) is 4.12. The van der Waals surface area contributed by atoms with Gasteiger partial charge in [-0.15, -0.1) is 11.3 Å². The fourth-order valence-corrected chi connectivity index (χ4v) is 5.34. The Balaban J connectivity index is 1.41. The minimum Gasteiger partial charge on any atom is -0.493 e. The summed E-state index contributed by atoms with van der Waals surface area (Å²) in [5, 5.41) is 5.24. The molecule has 0 amide bonds. The van der Waals surface area contributed by atoms with Gasteiger partial charge in [0.25, 0.3) is 0 Å². The van der Waals surface area contributed by atoms with E-state index in [2.05, 4.69) is 23.1 Å². The van der Waals surface area contributed by atoms with Crippen molar-refractivity contribution in [2.24, 2.45) is 5.14 Å². The highest BCUT2D eigenvalue weighted by Gasteiger charge is 2.22. The van der Waals surface area contributed by atoms with Crippen LogP contribution in [0.5, 0.6) is 5.75 Å². The van der Waals surface area contributed by atoms with Crippen LogP contribution in [-0.2, 0) is 35.8 Å². The molecular weight excluding hydrogens is 344 g/mol. The molecule has 0 atom stereocenters. The Bertz CT molecular complexity index is 874. The number of rotatable bonds is 4. The van der Waals surface area contributed by atoms with Gasteiger partial charge in [0.05, 0.1) is 6.61 Å². The summed E-state index contributed by atoms with van der Waals surface area (Å²) >= 11 is 1.32. The monoisotopic (exact) mass is 364 g/mol. The molecule has 1 aromatic heterocycles. The highest BCUT2D eigenvalue weighted by atomic mass is 32.2. The van der Waals surface area contributed by atoms with Crippen molar-refractivity contribution in [1.82, 2.24) is 4.90 Å². The van der Waals surface area contributed by atoms with Crippen LogP contribution in [-0.4, -0.2) is 33.0 Å². The van der Waals surface area contributed by atoms with Gasteiger partial charge in [-0.2, -0.15) is 0 Å². The maximum Gasteiger partial charge on any atom is 0.247 e. The number of hydrogen-bond donors (Lipinski definition) is 1. The number of primary sulfonamides is 1. The number of fused-ring (bicyclic) bond motifs is 2. The first-order valence-electron chi connectivity index (χ1n) is 8.10. The summed E-state index contributed by atoms with van der Waals surface area (Å²) in [5.74, 6) is 1.02. The van der Waals surface area contributed by atoms with Gasteiger partial charge in [0.15, 0.2) is 0 Å². The van der Waals surface area contributed by atoms with E-state index in [9.17, 15) is 8.42 Å². The first-order valence-corrected chi connectivity index (χ1v) is 10.5. The molecule has 5 nitrogen and oxygen atoms in total. The Morgan fingerprint density at radius 1 is 1.21 bits per heavy atom. The molecule has 128 valence electrons. The molecule has 0 saturated heterocycles. The van der Waals surface area contributed by atoms with Crippen molar-refractivity contribution in [3.05, 3.63) is 45.8 Å². The van der Waals surface area contributed by atoms with Gasteiger partial charge >= 0.3 is 0 Å². The Morgan fingerprint density at radius 2 is 2.08 bits per heavy atom. The number of nitrogens with two attached hydrogens (primary N) is 1. The summed E-state index contributed by atoms with van der Waals surface area (Å²) in [5.41, 5.74) is 3.75. The third kappa shape index (κ3) is 3.21. The first-order chi connectivity index (χ1) is 11.5.